The Morgan fingerprint density at radius 3 is 2.00 bits per heavy atom. The van der Waals surface area contributed by atoms with E-state index in [0.717, 1.165) is 12.8 Å². The molecule has 0 amide bonds. The molecule has 3 nitrogen and oxygen atoms in total. The largest absolute Gasteiger partial charge is 0.465 e. The average molecular weight is 191 g/mol. The third-order valence-corrected chi connectivity index (χ3v) is 0.928. The van der Waals surface area contributed by atoms with Gasteiger partial charge in [0, 0.05) is 0 Å². The van der Waals surface area contributed by atoms with Gasteiger partial charge in [0.05, 0.1) is 13.2 Å². The summed E-state index contributed by atoms with van der Waals surface area (Å²) in [6.07, 6.45) is 1.96. The number of hydrogen-bond donors (Lipinski definition) is 1. The molecule has 0 aliphatic rings. The van der Waals surface area contributed by atoms with Crippen LogP contribution in [-0.2, 0) is 9.53 Å². The lowest BCUT2D eigenvalue weighted by Gasteiger charge is -1.99. The van der Waals surface area contributed by atoms with Gasteiger partial charge in [0.1, 0.15) is 0 Å². The number of unbranched alkanes of at least 4 members (excludes halogenated alkanes) is 1. The maximum Gasteiger partial charge on any atom is 0.319 e. The van der Waals surface area contributed by atoms with Crippen LogP contribution < -0.4 is 5.73 Å². The third kappa shape index (κ3) is 24.6. The van der Waals surface area contributed by atoms with E-state index in [0.29, 0.717) is 6.61 Å². The van der Waals surface area contributed by atoms with E-state index in [1.807, 2.05) is 34.6 Å². The van der Waals surface area contributed by atoms with Gasteiger partial charge in [-0.25, -0.2) is 0 Å². The number of hydrogen-bond acceptors (Lipinski definition) is 3. The Hall–Kier alpha value is -0.570. The molecule has 2 N–H and O–H groups in total. The first-order valence-electron chi connectivity index (χ1n) is 5.17. The topological polar surface area (TPSA) is 52.3 Å². The Bertz CT molecular complexity index is 85.0. The second-order valence-corrected chi connectivity index (χ2v) is 1.78. The van der Waals surface area contributed by atoms with Gasteiger partial charge in [0.2, 0.25) is 0 Å². The molecule has 0 bridgehead atoms. The summed E-state index contributed by atoms with van der Waals surface area (Å²) in [7, 11) is 0. The number of ether oxygens (including phenoxy) is 1. The lowest BCUT2D eigenvalue weighted by atomic mass is 10.4. The summed E-state index contributed by atoms with van der Waals surface area (Å²) in [4.78, 5) is 10.3. The summed E-state index contributed by atoms with van der Waals surface area (Å²) in [5.74, 6) is -0.316. The fourth-order valence-corrected chi connectivity index (χ4v) is 0.389. The van der Waals surface area contributed by atoms with Crippen molar-refractivity contribution >= 4 is 5.97 Å². The highest BCUT2D eigenvalue weighted by molar-refractivity contribution is 5.71. The molecule has 13 heavy (non-hydrogen) atoms. The van der Waals surface area contributed by atoms with Crippen LogP contribution in [0.5, 0.6) is 0 Å². The normalized spacial score (nSPS) is 7.23. The molecule has 0 unspecified atom stereocenters. The molecule has 0 aromatic heterocycles. The maximum absolute atomic E-state index is 10.3. The number of carbonyl (C=O) groups is 1. The number of esters is 1. The van der Waals surface area contributed by atoms with Crippen LogP contribution in [0.1, 0.15) is 47.5 Å². The summed E-state index contributed by atoms with van der Waals surface area (Å²) >= 11 is 0. The van der Waals surface area contributed by atoms with Crippen LogP contribution in [0.15, 0.2) is 0 Å². The summed E-state index contributed by atoms with van der Waals surface area (Å²) in [6.45, 7) is 10.5. The van der Waals surface area contributed by atoms with E-state index in [1.54, 1.807) is 0 Å². The molecule has 0 atom stereocenters. The van der Waals surface area contributed by atoms with Gasteiger partial charge in [-0.15, -0.1) is 0 Å². The van der Waals surface area contributed by atoms with E-state index in [-0.39, 0.29) is 12.5 Å². The molecule has 3 heteroatoms. The SMILES string of the molecule is CC.CC.CCCCOC(=O)CN. The van der Waals surface area contributed by atoms with Gasteiger partial charge in [0.25, 0.3) is 0 Å². The van der Waals surface area contributed by atoms with Crippen LogP contribution in [0.4, 0.5) is 0 Å². The number of rotatable bonds is 4. The van der Waals surface area contributed by atoms with Gasteiger partial charge in [-0.05, 0) is 6.42 Å². The highest BCUT2D eigenvalue weighted by Crippen LogP contribution is 1.86. The van der Waals surface area contributed by atoms with Crippen molar-refractivity contribution < 1.29 is 9.53 Å². The molecule has 0 heterocycles. The monoisotopic (exact) mass is 191 g/mol. The Morgan fingerprint density at radius 2 is 1.69 bits per heavy atom. The number of nitrogens with two attached hydrogens (primary N) is 1. The molecule has 0 aliphatic carbocycles. The first kappa shape index (κ1) is 18.3. The second-order valence-electron chi connectivity index (χ2n) is 1.78. The van der Waals surface area contributed by atoms with E-state index in [4.69, 9.17) is 5.73 Å². The minimum atomic E-state index is -0.316. The maximum atomic E-state index is 10.3. The van der Waals surface area contributed by atoms with E-state index < -0.39 is 0 Å². The smallest absolute Gasteiger partial charge is 0.319 e. The van der Waals surface area contributed by atoms with Crippen LogP contribution in [-0.4, -0.2) is 19.1 Å². The predicted octanol–water partition coefficient (Wildman–Crippen LogP) is 2.34. The van der Waals surface area contributed by atoms with Crippen molar-refractivity contribution in [3.05, 3.63) is 0 Å². The van der Waals surface area contributed by atoms with Crippen LogP contribution >= 0.6 is 0 Å². The summed E-state index contributed by atoms with van der Waals surface area (Å²) in [5.41, 5.74) is 4.98. The quantitative estimate of drug-likeness (QED) is 0.548. The Balaban J connectivity index is -0.000000218. The molecular formula is C10H25NO2. The van der Waals surface area contributed by atoms with E-state index in [1.165, 1.54) is 0 Å². The highest BCUT2D eigenvalue weighted by atomic mass is 16.5. The van der Waals surface area contributed by atoms with E-state index in [9.17, 15) is 4.79 Å². The summed E-state index contributed by atoms with van der Waals surface area (Å²) < 4.78 is 4.67. The minimum Gasteiger partial charge on any atom is -0.465 e. The highest BCUT2D eigenvalue weighted by Gasteiger charge is 1.94. The zero-order chi connectivity index (χ0) is 11.1. The lowest BCUT2D eigenvalue weighted by Crippen LogP contribution is -2.17. The molecule has 0 rings (SSSR count). The van der Waals surface area contributed by atoms with Crippen LogP contribution in [0.3, 0.4) is 0 Å². The zero-order valence-corrected chi connectivity index (χ0v) is 9.72. The van der Waals surface area contributed by atoms with Gasteiger partial charge in [-0.1, -0.05) is 41.0 Å². The molecule has 0 aliphatic heterocycles. The summed E-state index contributed by atoms with van der Waals surface area (Å²) in [5, 5.41) is 0. The van der Waals surface area contributed by atoms with Gasteiger partial charge >= 0.3 is 5.97 Å². The summed E-state index contributed by atoms with van der Waals surface area (Å²) in [6, 6.07) is 0. The number of carbonyl (C=O) groups excluding carboxylic acids is 1. The fraction of sp³-hybridized carbons (Fsp3) is 0.900. The molecule has 0 aromatic rings. The van der Waals surface area contributed by atoms with Crippen LogP contribution in [0.25, 0.3) is 0 Å². The lowest BCUT2D eigenvalue weighted by molar-refractivity contribution is -0.141. The molecule has 0 saturated heterocycles. The Kier molecular flexibility index (Phi) is 31.6. The molecule has 82 valence electrons. The first-order chi connectivity index (χ1) is 6.31. The Labute approximate surface area is 82.7 Å². The molecule has 0 aromatic carbocycles. The molecule has 0 saturated carbocycles. The zero-order valence-electron chi connectivity index (χ0n) is 9.72. The third-order valence-electron chi connectivity index (χ3n) is 0.928. The Morgan fingerprint density at radius 1 is 1.23 bits per heavy atom. The van der Waals surface area contributed by atoms with Crippen molar-refractivity contribution in [2.24, 2.45) is 5.73 Å². The van der Waals surface area contributed by atoms with Gasteiger partial charge < -0.3 is 10.5 Å². The van der Waals surface area contributed by atoms with Gasteiger partial charge in [-0.2, -0.15) is 0 Å². The first-order valence-corrected chi connectivity index (χ1v) is 5.17. The van der Waals surface area contributed by atoms with E-state index >= 15 is 0 Å². The van der Waals surface area contributed by atoms with Crippen molar-refractivity contribution in [3.63, 3.8) is 0 Å². The van der Waals surface area contributed by atoms with Crippen molar-refractivity contribution in [1.29, 1.82) is 0 Å². The average Bonchev–Trinajstić information content (AvgIpc) is 2.24. The van der Waals surface area contributed by atoms with Crippen molar-refractivity contribution in [2.45, 2.75) is 47.5 Å². The van der Waals surface area contributed by atoms with Crippen LogP contribution in [0, 0.1) is 0 Å². The van der Waals surface area contributed by atoms with Crippen molar-refractivity contribution in [2.75, 3.05) is 13.2 Å². The molecular weight excluding hydrogens is 166 g/mol. The predicted molar refractivity (Wildman–Crippen MR) is 57.6 cm³/mol. The van der Waals surface area contributed by atoms with E-state index in [2.05, 4.69) is 4.74 Å². The molecule has 0 fully saturated rings. The van der Waals surface area contributed by atoms with Gasteiger partial charge in [-0.3, -0.25) is 4.79 Å². The molecule has 0 radical (unpaired) electrons. The van der Waals surface area contributed by atoms with Crippen molar-refractivity contribution in [3.8, 4) is 0 Å². The van der Waals surface area contributed by atoms with Crippen LogP contribution in [0.2, 0.25) is 0 Å². The minimum absolute atomic E-state index is 0.0102. The molecule has 0 spiro atoms. The standard InChI is InChI=1S/C6H13NO2.2C2H6/c1-2-3-4-9-6(8)5-7;2*1-2/h2-5,7H2,1H3;2*1-2H3. The van der Waals surface area contributed by atoms with Crippen molar-refractivity contribution in [1.82, 2.24) is 0 Å². The fourth-order valence-electron chi connectivity index (χ4n) is 0.389. The van der Waals surface area contributed by atoms with Gasteiger partial charge in [0.15, 0.2) is 0 Å². The second kappa shape index (κ2) is 22.5.